The van der Waals surface area contributed by atoms with Crippen molar-refractivity contribution in [1.29, 1.82) is 0 Å². The second kappa shape index (κ2) is 6.45. The van der Waals surface area contributed by atoms with E-state index >= 15 is 0 Å². The summed E-state index contributed by atoms with van der Waals surface area (Å²) in [5, 5.41) is 10.5. The SMILES string of the molecule is COc1ccc(C)cc1C(=O)N(C)CC1(O)CCOCC1. The van der Waals surface area contributed by atoms with E-state index in [1.807, 2.05) is 19.1 Å². The summed E-state index contributed by atoms with van der Waals surface area (Å²) in [5.74, 6) is 0.409. The van der Waals surface area contributed by atoms with E-state index in [1.54, 1.807) is 25.1 Å². The van der Waals surface area contributed by atoms with Gasteiger partial charge in [-0.3, -0.25) is 4.79 Å². The predicted molar refractivity (Wildman–Crippen MR) is 79.7 cm³/mol. The van der Waals surface area contributed by atoms with Gasteiger partial charge in [0.05, 0.1) is 18.3 Å². The van der Waals surface area contributed by atoms with Crippen molar-refractivity contribution in [3.63, 3.8) is 0 Å². The topological polar surface area (TPSA) is 59.0 Å². The van der Waals surface area contributed by atoms with Gasteiger partial charge in [0.1, 0.15) is 5.75 Å². The molecule has 0 saturated carbocycles. The highest BCUT2D eigenvalue weighted by molar-refractivity contribution is 5.97. The Morgan fingerprint density at radius 2 is 2.10 bits per heavy atom. The minimum atomic E-state index is -0.861. The van der Waals surface area contributed by atoms with Crippen LogP contribution in [0, 0.1) is 6.92 Å². The normalized spacial score (nSPS) is 17.3. The average Bonchev–Trinajstić information content (AvgIpc) is 2.46. The minimum Gasteiger partial charge on any atom is -0.496 e. The smallest absolute Gasteiger partial charge is 0.257 e. The fraction of sp³-hybridized carbons (Fsp3) is 0.562. The second-order valence-corrected chi connectivity index (χ2v) is 5.70. The summed E-state index contributed by atoms with van der Waals surface area (Å²) in [6.45, 7) is 3.30. The van der Waals surface area contributed by atoms with Crippen LogP contribution in [-0.4, -0.2) is 55.4 Å². The lowest BCUT2D eigenvalue weighted by Gasteiger charge is -2.35. The Labute approximate surface area is 125 Å². The molecule has 116 valence electrons. The summed E-state index contributed by atoms with van der Waals surface area (Å²) < 4.78 is 10.5. The molecule has 0 atom stereocenters. The Morgan fingerprint density at radius 1 is 1.43 bits per heavy atom. The van der Waals surface area contributed by atoms with Gasteiger partial charge in [-0.1, -0.05) is 11.6 Å². The molecule has 5 heteroatoms. The Morgan fingerprint density at radius 3 is 2.71 bits per heavy atom. The molecule has 1 aliphatic rings. The van der Waals surface area contributed by atoms with E-state index < -0.39 is 5.60 Å². The number of carbonyl (C=O) groups excluding carboxylic acids is 1. The molecule has 1 N–H and O–H groups in total. The van der Waals surface area contributed by atoms with Crippen LogP contribution in [0.3, 0.4) is 0 Å². The molecule has 0 aromatic heterocycles. The van der Waals surface area contributed by atoms with Gasteiger partial charge in [0, 0.05) is 39.6 Å². The van der Waals surface area contributed by atoms with Crippen molar-refractivity contribution in [3.8, 4) is 5.75 Å². The monoisotopic (exact) mass is 293 g/mol. The maximum absolute atomic E-state index is 12.6. The highest BCUT2D eigenvalue weighted by atomic mass is 16.5. The zero-order valence-electron chi connectivity index (χ0n) is 12.9. The molecule has 0 radical (unpaired) electrons. The fourth-order valence-corrected chi connectivity index (χ4v) is 2.62. The van der Waals surface area contributed by atoms with E-state index in [4.69, 9.17) is 9.47 Å². The van der Waals surface area contributed by atoms with Crippen LogP contribution >= 0.6 is 0 Å². The van der Waals surface area contributed by atoms with E-state index in [1.165, 1.54) is 0 Å². The van der Waals surface area contributed by atoms with Crippen molar-refractivity contribution in [1.82, 2.24) is 4.90 Å². The van der Waals surface area contributed by atoms with Crippen LogP contribution in [0.15, 0.2) is 18.2 Å². The lowest BCUT2D eigenvalue weighted by atomic mass is 9.93. The number of hydrogen-bond acceptors (Lipinski definition) is 4. The summed E-state index contributed by atoms with van der Waals surface area (Å²) in [4.78, 5) is 14.2. The standard InChI is InChI=1S/C16H23NO4/c1-12-4-5-14(20-3)13(10-12)15(18)17(2)11-16(19)6-8-21-9-7-16/h4-5,10,19H,6-9,11H2,1-3H3. The van der Waals surface area contributed by atoms with E-state index in [-0.39, 0.29) is 5.91 Å². The van der Waals surface area contributed by atoms with Gasteiger partial charge in [0.15, 0.2) is 0 Å². The molecule has 1 fully saturated rings. The number of nitrogens with zero attached hydrogens (tertiary/aromatic N) is 1. The first-order valence-corrected chi connectivity index (χ1v) is 7.15. The van der Waals surface area contributed by atoms with Gasteiger partial charge in [0.2, 0.25) is 0 Å². The second-order valence-electron chi connectivity index (χ2n) is 5.70. The lowest BCUT2D eigenvalue weighted by Crippen LogP contribution is -2.47. The molecule has 1 saturated heterocycles. The zero-order chi connectivity index (χ0) is 15.5. The van der Waals surface area contributed by atoms with Gasteiger partial charge in [-0.05, 0) is 19.1 Å². The minimum absolute atomic E-state index is 0.143. The van der Waals surface area contributed by atoms with E-state index in [2.05, 4.69) is 0 Å². The summed E-state index contributed by atoms with van der Waals surface area (Å²) in [7, 11) is 3.25. The van der Waals surface area contributed by atoms with Crippen molar-refractivity contribution < 1.29 is 19.4 Å². The van der Waals surface area contributed by atoms with Crippen LogP contribution in [0.25, 0.3) is 0 Å². The van der Waals surface area contributed by atoms with Crippen molar-refractivity contribution >= 4 is 5.91 Å². The summed E-state index contributed by atoms with van der Waals surface area (Å²) in [5.41, 5.74) is 0.660. The van der Waals surface area contributed by atoms with Gasteiger partial charge < -0.3 is 19.5 Å². The molecule has 2 rings (SSSR count). The number of ether oxygens (including phenoxy) is 2. The average molecular weight is 293 g/mol. The molecule has 1 aromatic carbocycles. The van der Waals surface area contributed by atoms with Crippen molar-refractivity contribution in [2.45, 2.75) is 25.4 Å². The van der Waals surface area contributed by atoms with Crippen LogP contribution in [-0.2, 0) is 4.74 Å². The first-order chi connectivity index (χ1) is 9.95. The number of hydrogen-bond donors (Lipinski definition) is 1. The third kappa shape index (κ3) is 3.74. The molecular formula is C16H23NO4. The zero-order valence-corrected chi connectivity index (χ0v) is 12.9. The van der Waals surface area contributed by atoms with Crippen LogP contribution in [0.2, 0.25) is 0 Å². The first-order valence-electron chi connectivity index (χ1n) is 7.15. The van der Waals surface area contributed by atoms with E-state index in [9.17, 15) is 9.90 Å². The van der Waals surface area contributed by atoms with Crippen molar-refractivity contribution in [2.75, 3.05) is 33.9 Å². The Balaban J connectivity index is 2.13. The van der Waals surface area contributed by atoms with Gasteiger partial charge in [-0.25, -0.2) is 0 Å². The number of rotatable bonds is 4. The maximum Gasteiger partial charge on any atom is 0.257 e. The van der Waals surface area contributed by atoms with Crippen LogP contribution in [0.1, 0.15) is 28.8 Å². The molecule has 1 heterocycles. The molecule has 5 nitrogen and oxygen atoms in total. The summed E-state index contributed by atoms with van der Waals surface area (Å²) in [6.07, 6.45) is 1.10. The van der Waals surface area contributed by atoms with Crippen LogP contribution < -0.4 is 4.74 Å². The number of methoxy groups -OCH3 is 1. The van der Waals surface area contributed by atoms with Crippen LogP contribution in [0.4, 0.5) is 0 Å². The molecule has 1 amide bonds. The molecule has 21 heavy (non-hydrogen) atoms. The molecule has 0 aliphatic carbocycles. The van der Waals surface area contributed by atoms with E-state index in [0.717, 1.165) is 5.56 Å². The molecule has 1 aliphatic heterocycles. The Bertz CT molecular complexity index is 509. The Hall–Kier alpha value is -1.59. The van der Waals surface area contributed by atoms with Gasteiger partial charge in [0.25, 0.3) is 5.91 Å². The Kier molecular flexibility index (Phi) is 4.85. The maximum atomic E-state index is 12.6. The first kappa shape index (κ1) is 15.8. The largest absolute Gasteiger partial charge is 0.496 e. The summed E-state index contributed by atoms with van der Waals surface area (Å²) >= 11 is 0. The molecular weight excluding hydrogens is 270 g/mol. The lowest BCUT2D eigenvalue weighted by molar-refractivity contribution is -0.0734. The van der Waals surface area contributed by atoms with Gasteiger partial charge >= 0.3 is 0 Å². The van der Waals surface area contributed by atoms with Gasteiger partial charge in [-0.15, -0.1) is 0 Å². The fourth-order valence-electron chi connectivity index (χ4n) is 2.62. The molecule has 0 bridgehead atoms. The summed E-state index contributed by atoms with van der Waals surface area (Å²) in [6, 6.07) is 5.51. The number of aliphatic hydroxyl groups is 1. The molecule has 0 spiro atoms. The number of likely N-dealkylation sites (N-methyl/N-ethyl adjacent to an activating group) is 1. The third-order valence-electron chi connectivity index (χ3n) is 3.89. The predicted octanol–water partition coefficient (Wildman–Crippen LogP) is 1.62. The number of amides is 1. The van der Waals surface area contributed by atoms with Crippen molar-refractivity contribution in [2.24, 2.45) is 0 Å². The molecule has 1 aromatic rings. The third-order valence-corrected chi connectivity index (χ3v) is 3.89. The van der Waals surface area contributed by atoms with Crippen molar-refractivity contribution in [3.05, 3.63) is 29.3 Å². The highest BCUT2D eigenvalue weighted by Gasteiger charge is 2.33. The van der Waals surface area contributed by atoms with Gasteiger partial charge in [-0.2, -0.15) is 0 Å². The molecule has 0 unspecified atom stereocenters. The number of carbonyl (C=O) groups is 1. The van der Waals surface area contributed by atoms with Crippen LogP contribution in [0.5, 0.6) is 5.75 Å². The highest BCUT2D eigenvalue weighted by Crippen LogP contribution is 2.25. The quantitative estimate of drug-likeness (QED) is 0.916. The number of benzene rings is 1. The number of aryl methyl sites for hydroxylation is 1. The van der Waals surface area contributed by atoms with E-state index in [0.29, 0.717) is 43.9 Å².